The van der Waals surface area contributed by atoms with Crippen LogP contribution in [0.4, 0.5) is 5.95 Å². The van der Waals surface area contributed by atoms with Gasteiger partial charge in [-0.3, -0.25) is 0 Å². The van der Waals surface area contributed by atoms with E-state index < -0.39 is 0 Å². The number of nitrogen functional groups attached to an aromatic ring is 1. The Morgan fingerprint density at radius 2 is 2.23 bits per heavy atom. The molecule has 0 bridgehead atoms. The molecule has 0 fully saturated rings. The van der Waals surface area contributed by atoms with Crippen molar-refractivity contribution in [3.63, 3.8) is 0 Å². The van der Waals surface area contributed by atoms with Crippen LogP contribution >= 0.6 is 0 Å². The van der Waals surface area contributed by atoms with Crippen LogP contribution in [-0.4, -0.2) is 15.0 Å². The van der Waals surface area contributed by atoms with Crippen LogP contribution in [-0.2, 0) is 0 Å². The first kappa shape index (κ1) is 8.04. The molecule has 0 unspecified atom stereocenters. The van der Waals surface area contributed by atoms with Crippen LogP contribution in [0, 0.1) is 0 Å². The summed E-state index contributed by atoms with van der Waals surface area (Å²) in [5.74, 6) is 0.775. The first-order valence-corrected chi connectivity index (χ1v) is 4.28. The largest absolute Gasteiger partial charge is 0.368 e. The van der Waals surface area contributed by atoms with E-state index in [0.717, 1.165) is 11.0 Å². The van der Waals surface area contributed by atoms with Gasteiger partial charge < -0.3 is 10.7 Å². The molecule has 2 heterocycles. The molecule has 0 aliphatic heterocycles. The number of nitrogens with two attached hydrogens (primary N) is 1. The standard InChI is InChI=1S/C9H12N4/c1-5(2)6-3-11-7-4-12-9(10)13-8(6)7/h3-5,11H,1-2H3,(H2,10,12,13). The van der Waals surface area contributed by atoms with Crippen LogP contribution in [0.25, 0.3) is 11.0 Å². The van der Waals surface area contributed by atoms with Gasteiger partial charge in [0, 0.05) is 6.20 Å². The van der Waals surface area contributed by atoms with Crippen molar-refractivity contribution in [2.45, 2.75) is 19.8 Å². The average Bonchev–Trinajstić information content (AvgIpc) is 2.46. The number of nitrogens with one attached hydrogen (secondary N) is 1. The van der Waals surface area contributed by atoms with Crippen molar-refractivity contribution in [2.75, 3.05) is 5.73 Å². The Labute approximate surface area is 76.2 Å². The first-order valence-electron chi connectivity index (χ1n) is 4.28. The lowest BCUT2D eigenvalue weighted by molar-refractivity contribution is 0.872. The number of fused-ring (bicyclic) bond motifs is 1. The zero-order chi connectivity index (χ0) is 9.42. The highest BCUT2D eigenvalue weighted by Gasteiger charge is 2.08. The van der Waals surface area contributed by atoms with Crippen LogP contribution in [0.5, 0.6) is 0 Å². The van der Waals surface area contributed by atoms with Gasteiger partial charge in [0.1, 0.15) is 0 Å². The quantitative estimate of drug-likeness (QED) is 0.694. The van der Waals surface area contributed by atoms with Gasteiger partial charge in [-0.1, -0.05) is 13.8 Å². The molecular formula is C9H12N4. The van der Waals surface area contributed by atoms with E-state index in [2.05, 4.69) is 28.8 Å². The lowest BCUT2D eigenvalue weighted by atomic mass is 10.1. The molecule has 0 radical (unpaired) electrons. The van der Waals surface area contributed by atoms with Gasteiger partial charge in [0.2, 0.25) is 5.95 Å². The van der Waals surface area contributed by atoms with Crippen molar-refractivity contribution >= 4 is 17.0 Å². The molecule has 0 saturated carbocycles. The monoisotopic (exact) mass is 176 g/mol. The van der Waals surface area contributed by atoms with Crippen LogP contribution in [0.3, 0.4) is 0 Å². The van der Waals surface area contributed by atoms with E-state index in [1.54, 1.807) is 6.20 Å². The second kappa shape index (κ2) is 2.73. The smallest absolute Gasteiger partial charge is 0.220 e. The van der Waals surface area contributed by atoms with E-state index in [9.17, 15) is 0 Å². The number of hydrogen-bond acceptors (Lipinski definition) is 3. The Kier molecular flexibility index (Phi) is 1.69. The lowest BCUT2D eigenvalue weighted by Crippen LogP contribution is -1.94. The molecule has 68 valence electrons. The van der Waals surface area contributed by atoms with Crippen molar-refractivity contribution in [3.8, 4) is 0 Å². The van der Waals surface area contributed by atoms with E-state index in [1.807, 2.05) is 6.20 Å². The third-order valence-corrected chi connectivity index (χ3v) is 2.09. The van der Waals surface area contributed by atoms with Gasteiger partial charge >= 0.3 is 0 Å². The summed E-state index contributed by atoms with van der Waals surface area (Å²) in [6, 6.07) is 0. The summed E-state index contributed by atoms with van der Waals surface area (Å²) < 4.78 is 0. The number of aromatic amines is 1. The zero-order valence-corrected chi connectivity index (χ0v) is 7.70. The third-order valence-electron chi connectivity index (χ3n) is 2.09. The second-order valence-electron chi connectivity index (χ2n) is 3.39. The Hall–Kier alpha value is -1.58. The van der Waals surface area contributed by atoms with E-state index in [4.69, 9.17) is 5.73 Å². The molecule has 4 heteroatoms. The molecule has 4 nitrogen and oxygen atoms in total. The molecule has 0 amide bonds. The maximum atomic E-state index is 5.52. The third kappa shape index (κ3) is 1.24. The highest BCUT2D eigenvalue weighted by molar-refractivity contribution is 5.79. The molecule has 0 saturated heterocycles. The molecule has 2 aromatic rings. The summed E-state index contributed by atoms with van der Waals surface area (Å²) in [5.41, 5.74) is 8.58. The fourth-order valence-electron chi connectivity index (χ4n) is 1.39. The second-order valence-corrected chi connectivity index (χ2v) is 3.39. The minimum absolute atomic E-state index is 0.328. The average molecular weight is 176 g/mol. The predicted octanol–water partition coefficient (Wildman–Crippen LogP) is 1.66. The number of anilines is 1. The molecule has 0 aromatic carbocycles. The van der Waals surface area contributed by atoms with Gasteiger partial charge in [0.15, 0.2) is 0 Å². The van der Waals surface area contributed by atoms with Gasteiger partial charge in [-0.15, -0.1) is 0 Å². The summed E-state index contributed by atoms with van der Waals surface area (Å²) in [7, 11) is 0. The van der Waals surface area contributed by atoms with E-state index in [1.165, 1.54) is 5.56 Å². The number of H-pyrrole nitrogens is 1. The highest BCUT2D eigenvalue weighted by Crippen LogP contribution is 2.22. The zero-order valence-electron chi connectivity index (χ0n) is 7.70. The van der Waals surface area contributed by atoms with E-state index >= 15 is 0 Å². The first-order chi connectivity index (χ1) is 6.18. The fourth-order valence-corrected chi connectivity index (χ4v) is 1.39. The topological polar surface area (TPSA) is 67.6 Å². The summed E-state index contributed by atoms with van der Waals surface area (Å²) in [5, 5.41) is 0. The molecule has 2 aromatic heterocycles. The van der Waals surface area contributed by atoms with Crippen molar-refractivity contribution in [3.05, 3.63) is 18.0 Å². The Balaban J connectivity index is 2.71. The molecule has 0 aliphatic rings. The lowest BCUT2D eigenvalue weighted by Gasteiger charge is -2.00. The highest BCUT2D eigenvalue weighted by atomic mass is 15.0. The Morgan fingerprint density at radius 1 is 1.46 bits per heavy atom. The van der Waals surface area contributed by atoms with Crippen molar-refractivity contribution in [1.82, 2.24) is 15.0 Å². The Bertz CT molecular complexity index is 430. The summed E-state index contributed by atoms with van der Waals surface area (Å²) in [6.07, 6.45) is 3.67. The minimum Gasteiger partial charge on any atom is -0.368 e. The molecule has 13 heavy (non-hydrogen) atoms. The van der Waals surface area contributed by atoms with E-state index in [0.29, 0.717) is 11.9 Å². The SMILES string of the molecule is CC(C)c1c[nH]c2cnc(N)nc12. The predicted molar refractivity (Wildman–Crippen MR) is 52.4 cm³/mol. The van der Waals surface area contributed by atoms with Crippen molar-refractivity contribution in [1.29, 1.82) is 0 Å². The molecule has 0 aliphatic carbocycles. The van der Waals surface area contributed by atoms with Gasteiger partial charge in [0.05, 0.1) is 17.2 Å². The van der Waals surface area contributed by atoms with Crippen molar-refractivity contribution < 1.29 is 0 Å². The summed E-state index contributed by atoms with van der Waals surface area (Å²) in [6.45, 7) is 4.25. The molecule has 0 spiro atoms. The van der Waals surface area contributed by atoms with Crippen LogP contribution < -0.4 is 5.73 Å². The van der Waals surface area contributed by atoms with Crippen LogP contribution in [0.15, 0.2) is 12.4 Å². The van der Waals surface area contributed by atoms with Gasteiger partial charge in [-0.2, -0.15) is 0 Å². The number of hydrogen-bond donors (Lipinski definition) is 2. The van der Waals surface area contributed by atoms with E-state index in [-0.39, 0.29) is 0 Å². The molecular weight excluding hydrogens is 164 g/mol. The number of aromatic nitrogens is 3. The maximum Gasteiger partial charge on any atom is 0.220 e. The molecule has 0 atom stereocenters. The normalized spacial score (nSPS) is 11.3. The molecule has 3 N–H and O–H groups in total. The van der Waals surface area contributed by atoms with Crippen LogP contribution in [0.1, 0.15) is 25.3 Å². The van der Waals surface area contributed by atoms with Gasteiger partial charge in [-0.25, -0.2) is 9.97 Å². The Morgan fingerprint density at radius 3 is 2.92 bits per heavy atom. The fraction of sp³-hybridized carbons (Fsp3) is 0.333. The number of rotatable bonds is 1. The van der Waals surface area contributed by atoms with Gasteiger partial charge in [-0.05, 0) is 11.5 Å². The number of nitrogens with zero attached hydrogens (tertiary/aromatic N) is 2. The minimum atomic E-state index is 0.328. The summed E-state index contributed by atoms with van der Waals surface area (Å²) >= 11 is 0. The molecule has 2 rings (SSSR count). The summed E-state index contributed by atoms with van der Waals surface area (Å²) in [4.78, 5) is 11.2. The van der Waals surface area contributed by atoms with Crippen LogP contribution in [0.2, 0.25) is 0 Å². The van der Waals surface area contributed by atoms with Crippen molar-refractivity contribution in [2.24, 2.45) is 0 Å². The maximum absolute atomic E-state index is 5.52. The van der Waals surface area contributed by atoms with Gasteiger partial charge in [0.25, 0.3) is 0 Å².